The van der Waals surface area contributed by atoms with Gasteiger partial charge in [-0.15, -0.1) is 0 Å². The van der Waals surface area contributed by atoms with Crippen LogP contribution in [0.15, 0.2) is 42.5 Å². The number of hydrogen-bond donors (Lipinski definition) is 0. The number of ether oxygens (including phenoxy) is 1. The molecule has 0 amide bonds. The fourth-order valence-corrected chi connectivity index (χ4v) is 7.36. The van der Waals surface area contributed by atoms with Crippen molar-refractivity contribution in [1.82, 2.24) is 0 Å². The highest BCUT2D eigenvalue weighted by Gasteiger charge is 2.72. The van der Waals surface area contributed by atoms with Crippen molar-refractivity contribution in [2.75, 3.05) is 0 Å². The van der Waals surface area contributed by atoms with Gasteiger partial charge in [0, 0.05) is 29.9 Å². The van der Waals surface area contributed by atoms with Crippen LogP contribution in [0.2, 0.25) is 0 Å². The third-order valence-electron chi connectivity index (χ3n) is 8.21. The van der Waals surface area contributed by atoms with Gasteiger partial charge in [0.05, 0.1) is 21.5 Å². The van der Waals surface area contributed by atoms with Crippen LogP contribution < -0.4 is 0 Å². The number of carbonyl (C=O) groups excluding carboxylic acids is 1. The third-order valence-corrected chi connectivity index (χ3v) is 8.21. The number of hydrogen-bond acceptors (Lipinski definition) is 6. The first-order chi connectivity index (χ1) is 14.9. The quantitative estimate of drug-likeness (QED) is 0.306. The number of nitrogens with zero attached hydrogens (tertiary/aromatic N) is 2. The Kier molecular flexibility index (Phi) is 3.65. The van der Waals surface area contributed by atoms with Crippen LogP contribution in [-0.4, -0.2) is 21.4 Å². The van der Waals surface area contributed by atoms with E-state index < -0.39 is 32.8 Å². The number of carbonyl (C=O) groups is 1. The van der Waals surface area contributed by atoms with Crippen LogP contribution in [-0.2, 0) is 4.74 Å². The summed E-state index contributed by atoms with van der Waals surface area (Å²) in [7, 11) is 0. The largest absolute Gasteiger partial charge is 0.454 e. The van der Waals surface area contributed by atoms with Gasteiger partial charge >= 0.3 is 5.97 Å². The van der Waals surface area contributed by atoms with Crippen LogP contribution in [0, 0.1) is 38.0 Å². The molecular weight excluding hydrogens is 400 g/mol. The summed E-state index contributed by atoms with van der Waals surface area (Å²) in [5, 5.41) is 22.5. The van der Waals surface area contributed by atoms with Gasteiger partial charge in [-0.2, -0.15) is 0 Å². The predicted octanol–water partition coefficient (Wildman–Crippen LogP) is 4.73. The Morgan fingerprint density at radius 2 is 1.65 bits per heavy atom. The van der Waals surface area contributed by atoms with Crippen molar-refractivity contribution in [3.63, 3.8) is 0 Å². The molecule has 3 fully saturated rings. The number of benzene rings is 2. The number of fused-ring (bicyclic) bond motifs is 12. The zero-order valence-electron chi connectivity index (χ0n) is 16.6. The van der Waals surface area contributed by atoms with E-state index in [0.29, 0.717) is 11.8 Å². The lowest BCUT2D eigenvalue weighted by Gasteiger charge is -2.46. The maximum absolute atomic E-state index is 13.3. The molecule has 4 aliphatic carbocycles. The van der Waals surface area contributed by atoms with E-state index in [4.69, 9.17) is 4.74 Å². The molecule has 158 valence electrons. The summed E-state index contributed by atoms with van der Waals surface area (Å²) in [5.74, 6) is 0.817. The Balaban J connectivity index is 1.42. The highest BCUT2D eigenvalue weighted by molar-refractivity contribution is 5.91. The average Bonchev–Trinajstić information content (AvgIpc) is 3.51. The van der Waals surface area contributed by atoms with Crippen molar-refractivity contribution < 1.29 is 19.4 Å². The predicted molar refractivity (Wildman–Crippen MR) is 109 cm³/mol. The van der Waals surface area contributed by atoms with E-state index in [2.05, 4.69) is 18.2 Å². The molecule has 4 aliphatic rings. The van der Waals surface area contributed by atoms with Gasteiger partial charge in [-0.05, 0) is 48.6 Å². The second kappa shape index (κ2) is 6.12. The first kappa shape index (κ1) is 18.5. The van der Waals surface area contributed by atoms with Gasteiger partial charge < -0.3 is 4.74 Å². The standard InChI is InChI=1S/C23H20N2O6/c26-22(13-8-15(24(27)28)10-16(9-13)25(29)30)31-23-14-6-5-12(7-14)21(23)19-11-20(23)18-4-2-1-3-17(18)19/h1-4,8-10,12,14,19-21H,5-7,11H2/t12-,14-,19-,20-,21+,23+/m0/s1. The molecule has 0 aliphatic heterocycles. The molecule has 4 bridgehead atoms. The first-order valence-corrected chi connectivity index (χ1v) is 10.7. The Hall–Kier alpha value is -3.29. The van der Waals surface area contributed by atoms with E-state index in [1.807, 2.05) is 6.07 Å². The van der Waals surface area contributed by atoms with E-state index in [-0.39, 0.29) is 23.3 Å². The lowest BCUT2D eigenvalue weighted by Crippen LogP contribution is -2.50. The van der Waals surface area contributed by atoms with Gasteiger partial charge in [0.15, 0.2) is 0 Å². The number of esters is 1. The summed E-state index contributed by atoms with van der Waals surface area (Å²) >= 11 is 0. The molecule has 8 nitrogen and oxygen atoms in total. The molecule has 0 N–H and O–H groups in total. The Labute approximate surface area is 177 Å². The summed E-state index contributed by atoms with van der Waals surface area (Å²) in [4.78, 5) is 34.3. The molecule has 0 saturated heterocycles. The number of nitro groups is 2. The fourth-order valence-electron chi connectivity index (χ4n) is 7.36. The lowest BCUT2D eigenvalue weighted by molar-refractivity contribution is -0.394. The van der Waals surface area contributed by atoms with Crippen LogP contribution in [0.3, 0.4) is 0 Å². The van der Waals surface area contributed by atoms with Crippen molar-refractivity contribution in [3.8, 4) is 0 Å². The minimum atomic E-state index is -0.726. The molecular formula is C23H20N2O6. The topological polar surface area (TPSA) is 113 Å². The van der Waals surface area contributed by atoms with Gasteiger partial charge in [-0.1, -0.05) is 24.3 Å². The second-order valence-electron chi connectivity index (χ2n) is 9.31. The monoisotopic (exact) mass is 420 g/mol. The average molecular weight is 420 g/mol. The maximum Gasteiger partial charge on any atom is 0.339 e. The van der Waals surface area contributed by atoms with Crippen LogP contribution in [0.4, 0.5) is 11.4 Å². The lowest BCUT2D eigenvalue weighted by atomic mass is 9.65. The Morgan fingerprint density at radius 1 is 0.968 bits per heavy atom. The van der Waals surface area contributed by atoms with Crippen molar-refractivity contribution >= 4 is 17.3 Å². The van der Waals surface area contributed by atoms with Crippen molar-refractivity contribution in [1.29, 1.82) is 0 Å². The molecule has 6 rings (SSSR count). The fraction of sp³-hybridized carbons (Fsp3) is 0.435. The minimum Gasteiger partial charge on any atom is -0.454 e. The molecule has 0 unspecified atom stereocenters. The second-order valence-corrected chi connectivity index (χ2v) is 9.31. The van der Waals surface area contributed by atoms with Crippen LogP contribution >= 0.6 is 0 Å². The normalized spacial score (nSPS) is 33.7. The van der Waals surface area contributed by atoms with Gasteiger partial charge in [0.25, 0.3) is 11.4 Å². The molecule has 3 saturated carbocycles. The van der Waals surface area contributed by atoms with Crippen molar-refractivity contribution in [2.45, 2.75) is 43.1 Å². The van der Waals surface area contributed by atoms with E-state index >= 15 is 0 Å². The van der Waals surface area contributed by atoms with Gasteiger partial charge in [-0.25, -0.2) is 4.79 Å². The zero-order chi connectivity index (χ0) is 21.5. The van der Waals surface area contributed by atoms with Gasteiger partial charge in [0.2, 0.25) is 0 Å². The molecule has 2 aromatic rings. The molecule has 31 heavy (non-hydrogen) atoms. The van der Waals surface area contributed by atoms with Crippen molar-refractivity contribution in [2.24, 2.45) is 17.8 Å². The molecule has 2 aromatic carbocycles. The highest BCUT2D eigenvalue weighted by atomic mass is 16.6. The summed E-state index contributed by atoms with van der Waals surface area (Å²) in [6.07, 6.45) is 4.14. The number of rotatable bonds is 4. The zero-order valence-corrected chi connectivity index (χ0v) is 16.6. The maximum atomic E-state index is 13.3. The smallest absolute Gasteiger partial charge is 0.339 e. The van der Waals surface area contributed by atoms with Crippen molar-refractivity contribution in [3.05, 3.63) is 79.4 Å². The molecule has 0 spiro atoms. The summed E-state index contributed by atoms with van der Waals surface area (Å²) < 4.78 is 6.32. The van der Waals surface area contributed by atoms with Gasteiger partial charge in [0.1, 0.15) is 5.60 Å². The number of nitro benzene ring substituents is 2. The molecule has 6 atom stereocenters. The first-order valence-electron chi connectivity index (χ1n) is 10.7. The van der Waals surface area contributed by atoms with Gasteiger partial charge in [-0.3, -0.25) is 20.2 Å². The Bertz CT molecular complexity index is 1130. The Morgan fingerprint density at radius 3 is 2.32 bits per heavy atom. The molecule has 0 aromatic heterocycles. The number of non-ortho nitro benzene ring substituents is 2. The summed E-state index contributed by atoms with van der Waals surface area (Å²) in [5.41, 5.74) is 0.894. The van der Waals surface area contributed by atoms with E-state index in [1.54, 1.807) is 0 Å². The van der Waals surface area contributed by atoms with Crippen LogP contribution in [0.5, 0.6) is 0 Å². The van der Waals surface area contributed by atoms with E-state index in [1.165, 1.54) is 11.1 Å². The molecule has 8 heteroatoms. The van der Waals surface area contributed by atoms with E-state index in [0.717, 1.165) is 43.9 Å². The van der Waals surface area contributed by atoms with E-state index in [9.17, 15) is 25.0 Å². The van der Waals surface area contributed by atoms with Crippen LogP contribution in [0.1, 0.15) is 59.0 Å². The van der Waals surface area contributed by atoms with Crippen LogP contribution in [0.25, 0.3) is 0 Å². The minimum absolute atomic E-state index is 0.117. The molecule has 0 heterocycles. The highest BCUT2D eigenvalue weighted by Crippen LogP contribution is 2.74. The molecule has 0 radical (unpaired) electrons. The SMILES string of the molecule is O=C(O[C@@]12[C@H]3CC[C@@H](C3)[C@@H]1[C@H]1C[C@H]2c2ccccc21)c1cc([N+](=O)[O-])cc([N+](=O)[O-])c1. The summed E-state index contributed by atoms with van der Waals surface area (Å²) in [6, 6.07) is 11.4. The third kappa shape index (κ3) is 2.33. The summed E-state index contributed by atoms with van der Waals surface area (Å²) in [6.45, 7) is 0.